The Labute approximate surface area is 202 Å². The molecule has 0 spiro atoms. The van der Waals surface area contributed by atoms with E-state index in [0.29, 0.717) is 47.9 Å². The third-order valence-corrected chi connectivity index (χ3v) is 5.71. The van der Waals surface area contributed by atoms with Gasteiger partial charge in [0.2, 0.25) is 0 Å². The number of rotatable bonds is 6. The molecule has 9 nitrogen and oxygen atoms in total. The molecule has 2 N–H and O–H groups in total. The van der Waals surface area contributed by atoms with Crippen LogP contribution in [0.4, 0.5) is 5.82 Å². The molecule has 1 fully saturated rings. The van der Waals surface area contributed by atoms with Gasteiger partial charge >= 0.3 is 5.69 Å². The monoisotopic (exact) mass is 470 g/mol. The lowest BCUT2D eigenvalue weighted by molar-refractivity contribution is -0.124. The first-order valence-electron chi connectivity index (χ1n) is 11.2. The number of imidazole rings is 1. The van der Waals surface area contributed by atoms with Crippen LogP contribution in [0.3, 0.4) is 0 Å². The van der Waals surface area contributed by atoms with Crippen molar-refractivity contribution in [3.8, 4) is 23.3 Å². The lowest BCUT2D eigenvalue weighted by atomic mass is 10.2. The number of hydrogen-bond acceptors (Lipinski definition) is 6. The van der Waals surface area contributed by atoms with Crippen LogP contribution >= 0.6 is 0 Å². The van der Waals surface area contributed by atoms with Crippen molar-refractivity contribution in [1.82, 2.24) is 24.0 Å². The Morgan fingerprint density at radius 3 is 2.74 bits per heavy atom. The van der Waals surface area contributed by atoms with Crippen LogP contribution in [0, 0.1) is 11.8 Å². The number of nitrogen functional groups attached to an aromatic ring is 1. The summed E-state index contributed by atoms with van der Waals surface area (Å²) in [5.41, 5.74) is 7.32. The SMILES string of the molecule is C=C/C(=C\C=C/C)Oc1ccc(-n2c(=O)n([C@@H]3CCN(C(=O)C#CC)C3)c3ncnc(N)c32)cc1. The van der Waals surface area contributed by atoms with Gasteiger partial charge in [0.15, 0.2) is 11.5 Å². The van der Waals surface area contributed by atoms with Crippen molar-refractivity contribution in [2.24, 2.45) is 0 Å². The van der Waals surface area contributed by atoms with E-state index in [1.807, 2.05) is 19.1 Å². The Bertz CT molecular complexity index is 1450. The third-order valence-electron chi connectivity index (χ3n) is 5.71. The number of carbonyl (C=O) groups is 1. The summed E-state index contributed by atoms with van der Waals surface area (Å²) >= 11 is 0. The number of nitrogens with two attached hydrogens (primary N) is 1. The van der Waals surface area contributed by atoms with Crippen LogP contribution in [0.5, 0.6) is 5.75 Å². The van der Waals surface area contributed by atoms with Crippen LogP contribution in [0.2, 0.25) is 0 Å². The molecular weight excluding hydrogens is 444 g/mol. The maximum absolute atomic E-state index is 13.7. The standard InChI is InChI=1S/C26H26N6O3/c1-4-7-9-20(6-3)35-21-12-10-18(11-13-21)31-23-24(27)28-17-29-25(23)32(26(31)34)19-14-15-30(16-19)22(33)8-5-2/h4,6-7,9-13,17,19H,3,14-16H2,1-2H3,(H2,27,28,29)/b7-4-,20-9+/t19-/m1/s1. The molecule has 3 aromatic rings. The number of nitrogens with zero attached hydrogens (tertiary/aromatic N) is 5. The van der Waals surface area contributed by atoms with Gasteiger partial charge in [-0.1, -0.05) is 24.7 Å². The van der Waals surface area contributed by atoms with Crippen LogP contribution in [0.1, 0.15) is 26.3 Å². The highest BCUT2D eigenvalue weighted by Crippen LogP contribution is 2.28. The predicted octanol–water partition coefficient (Wildman–Crippen LogP) is 2.99. The van der Waals surface area contributed by atoms with Crippen LogP contribution in [-0.2, 0) is 4.79 Å². The fraction of sp³-hybridized carbons (Fsp3) is 0.231. The van der Waals surface area contributed by atoms with Crippen molar-refractivity contribution in [1.29, 1.82) is 0 Å². The molecule has 0 aliphatic carbocycles. The van der Waals surface area contributed by atoms with E-state index in [2.05, 4.69) is 28.4 Å². The second-order valence-corrected chi connectivity index (χ2v) is 7.88. The van der Waals surface area contributed by atoms with Crippen molar-refractivity contribution in [3.05, 3.63) is 77.7 Å². The number of benzene rings is 1. The number of likely N-dealkylation sites (tertiary alicyclic amines) is 1. The van der Waals surface area contributed by atoms with E-state index in [9.17, 15) is 9.59 Å². The Kier molecular flexibility index (Phi) is 6.83. The van der Waals surface area contributed by atoms with E-state index in [1.54, 1.807) is 52.8 Å². The molecule has 1 amide bonds. The highest BCUT2D eigenvalue weighted by atomic mass is 16.5. The summed E-state index contributed by atoms with van der Waals surface area (Å²) in [6.45, 7) is 8.17. The van der Waals surface area contributed by atoms with Gasteiger partial charge in [-0.05, 0) is 62.6 Å². The van der Waals surface area contributed by atoms with Crippen molar-refractivity contribution in [2.75, 3.05) is 18.8 Å². The first kappa shape index (κ1) is 23.6. The number of anilines is 1. The molecule has 1 saturated heterocycles. The zero-order valence-electron chi connectivity index (χ0n) is 19.6. The Balaban J connectivity index is 1.73. The van der Waals surface area contributed by atoms with Gasteiger partial charge in [0.1, 0.15) is 23.4 Å². The van der Waals surface area contributed by atoms with Crippen molar-refractivity contribution < 1.29 is 9.53 Å². The average Bonchev–Trinajstić information content (AvgIpc) is 3.45. The van der Waals surface area contributed by atoms with Crippen LogP contribution in [-0.4, -0.2) is 43.0 Å². The van der Waals surface area contributed by atoms with E-state index in [0.717, 1.165) is 0 Å². The summed E-state index contributed by atoms with van der Waals surface area (Å²) in [5.74, 6) is 6.31. The van der Waals surface area contributed by atoms with E-state index in [-0.39, 0.29) is 23.5 Å². The van der Waals surface area contributed by atoms with Crippen LogP contribution in [0.15, 0.2) is 72.0 Å². The highest BCUT2D eigenvalue weighted by Gasteiger charge is 2.31. The maximum atomic E-state index is 13.7. The van der Waals surface area contributed by atoms with Crippen molar-refractivity contribution >= 4 is 22.9 Å². The largest absolute Gasteiger partial charge is 0.457 e. The fourth-order valence-corrected chi connectivity index (χ4v) is 4.09. The molecule has 178 valence electrons. The molecule has 0 radical (unpaired) electrons. The molecule has 1 aromatic carbocycles. The van der Waals surface area contributed by atoms with Gasteiger partial charge in [0.25, 0.3) is 5.91 Å². The number of allylic oxidation sites excluding steroid dienone is 4. The van der Waals surface area contributed by atoms with Gasteiger partial charge < -0.3 is 15.4 Å². The summed E-state index contributed by atoms with van der Waals surface area (Å²) in [5, 5.41) is 0. The second-order valence-electron chi connectivity index (χ2n) is 7.88. The van der Waals surface area contributed by atoms with E-state index < -0.39 is 0 Å². The minimum absolute atomic E-state index is 0.192. The Hall–Kier alpha value is -4.58. The molecule has 3 heterocycles. The Morgan fingerprint density at radius 1 is 1.29 bits per heavy atom. The number of amides is 1. The minimum atomic E-state index is -0.304. The van der Waals surface area contributed by atoms with Crippen LogP contribution < -0.4 is 16.2 Å². The number of carbonyl (C=O) groups excluding carboxylic acids is 1. The summed E-state index contributed by atoms with van der Waals surface area (Å²) in [6, 6.07) is 6.81. The molecule has 9 heteroatoms. The third kappa shape index (κ3) is 4.59. The van der Waals surface area contributed by atoms with Crippen molar-refractivity contribution in [3.63, 3.8) is 0 Å². The molecule has 1 atom stereocenters. The first-order chi connectivity index (χ1) is 17.0. The summed E-state index contributed by atoms with van der Waals surface area (Å²) in [4.78, 5) is 36.0. The lowest BCUT2D eigenvalue weighted by Gasteiger charge is -2.14. The fourth-order valence-electron chi connectivity index (χ4n) is 4.09. The number of fused-ring (bicyclic) bond motifs is 1. The zero-order chi connectivity index (χ0) is 24.9. The molecule has 2 aromatic heterocycles. The predicted molar refractivity (Wildman–Crippen MR) is 135 cm³/mol. The molecule has 1 aliphatic rings. The summed E-state index contributed by atoms with van der Waals surface area (Å²) in [7, 11) is 0. The maximum Gasteiger partial charge on any atom is 0.335 e. The minimum Gasteiger partial charge on any atom is -0.457 e. The lowest BCUT2D eigenvalue weighted by Crippen LogP contribution is -2.31. The molecule has 4 rings (SSSR count). The second kappa shape index (κ2) is 10.1. The molecule has 35 heavy (non-hydrogen) atoms. The quantitative estimate of drug-likeness (QED) is 0.337. The van der Waals surface area contributed by atoms with Gasteiger partial charge in [0, 0.05) is 13.1 Å². The van der Waals surface area contributed by atoms with Crippen molar-refractivity contribution in [2.45, 2.75) is 26.3 Å². The van der Waals surface area contributed by atoms with E-state index >= 15 is 0 Å². The van der Waals surface area contributed by atoms with Gasteiger partial charge in [-0.3, -0.25) is 13.9 Å². The smallest absolute Gasteiger partial charge is 0.335 e. The number of ether oxygens (including phenoxy) is 1. The van der Waals surface area contributed by atoms with Gasteiger partial charge in [-0.25, -0.2) is 14.8 Å². The Morgan fingerprint density at radius 2 is 2.06 bits per heavy atom. The number of hydrogen-bond donors (Lipinski definition) is 1. The average molecular weight is 471 g/mol. The molecule has 0 unspecified atom stereocenters. The first-order valence-corrected chi connectivity index (χ1v) is 11.2. The van der Waals surface area contributed by atoms with Gasteiger partial charge in [-0.15, -0.1) is 0 Å². The highest BCUT2D eigenvalue weighted by molar-refractivity contribution is 5.93. The molecule has 0 bridgehead atoms. The topological polar surface area (TPSA) is 108 Å². The number of aromatic nitrogens is 4. The van der Waals surface area contributed by atoms with Gasteiger partial charge in [0.05, 0.1) is 11.7 Å². The van der Waals surface area contributed by atoms with E-state index in [4.69, 9.17) is 10.5 Å². The molecule has 0 saturated carbocycles. The zero-order valence-corrected chi connectivity index (χ0v) is 19.6. The van der Waals surface area contributed by atoms with E-state index in [1.165, 1.54) is 10.9 Å². The summed E-state index contributed by atoms with van der Waals surface area (Å²) in [6.07, 6.45) is 9.11. The summed E-state index contributed by atoms with van der Waals surface area (Å²) < 4.78 is 8.93. The van der Waals surface area contributed by atoms with Crippen LogP contribution in [0.25, 0.3) is 16.9 Å². The molecular formula is C26H26N6O3. The molecule has 1 aliphatic heterocycles. The van der Waals surface area contributed by atoms with Gasteiger partial charge in [-0.2, -0.15) is 0 Å². The normalized spacial score (nSPS) is 15.9.